The van der Waals surface area contributed by atoms with Gasteiger partial charge < -0.3 is 14.4 Å². The van der Waals surface area contributed by atoms with Crippen LogP contribution in [0.15, 0.2) is 89.6 Å². The standard InChI is InChI=1S/C23H19FNO.C17H22NSi.Ir/c24-18-6-8-23-20(14-18)19-13-17(5-7-22(19)26-23)21-12-16(9-10-25-21)11-15-3-1-2-4-15;1-13(2)15-11-16(14-9-7-6-8-10-14)18-12-17(15)19(3,4)5;/h6-10,12-15H,1-4,11H2;6-9,11-13H,1-5H3;/q2*-1;/i;13D;. The molecule has 7 rings (SSSR count). The average molecular weight is 806 g/mol. The molecule has 6 aromatic rings. The molecule has 46 heavy (non-hydrogen) atoms. The number of pyridine rings is 2. The Labute approximate surface area is 288 Å². The molecule has 0 bridgehead atoms. The maximum absolute atomic E-state index is 13.7. The van der Waals surface area contributed by atoms with Crippen molar-refractivity contribution < 1.29 is 30.3 Å². The van der Waals surface area contributed by atoms with Crippen LogP contribution in [0.4, 0.5) is 4.39 Å². The largest absolute Gasteiger partial charge is 0.500 e. The molecule has 3 heterocycles. The van der Waals surface area contributed by atoms with Crippen LogP contribution in [0.5, 0.6) is 0 Å². The van der Waals surface area contributed by atoms with Crippen molar-refractivity contribution in [1.82, 2.24) is 9.97 Å². The number of halogens is 1. The van der Waals surface area contributed by atoms with Gasteiger partial charge in [-0.3, -0.25) is 0 Å². The first kappa shape index (κ1) is 32.5. The van der Waals surface area contributed by atoms with E-state index in [-0.39, 0.29) is 25.9 Å². The second-order valence-electron chi connectivity index (χ2n) is 13.4. The fourth-order valence-corrected chi connectivity index (χ4v) is 7.89. The molecule has 239 valence electrons. The van der Waals surface area contributed by atoms with Gasteiger partial charge in [0.2, 0.25) is 0 Å². The second-order valence-corrected chi connectivity index (χ2v) is 18.5. The van der Waals surface area contributed by atoms with Crippen molar-refractivity contribution in [2.24, 2.45) is 5.92 Å². The summed E-state index contributed by atoms with van der Waals surface area (Å²) in [7, 11) is -1.50. The van der Waals surface area contributed by atoms with E-state index in [2.05, 4.69) is 59.9 Å². The van der Waals surface area contributed by atoms with Crippen molar-refractivity contribution in [3.8, 4) is 22.5 Å². The molecular formula is C40H41FIrN2OSi-2. The summed E-state index contributed by atoms with van der Waals surface area (Å²) in [5.41, 5.74) is 7.55. The van der Waals surface area contributed by atoms with Gasteiger partial charge in [-0.05, 0) is 59.1 Å². The first-order valence-electron chi connectivity index (χ1n) is 16.4. The minimum atomic E-state index is -1.50. The number of nitrogens with zero attached hydrogens (tertiary/aromatic N) is 2. The quantitative estimate of drug-likeness (QED) is 0.124. The molecule has 0 unspecified atom stereocenters. The molecule has 0 aliphatic heterocycles. The average Bonchev–Trinajstić information content (AvgIpc) is 3.68. The van der Waals surface area contributed by atoms with Gasteiger partial charge in [-0.25, -0.2) is 4.39 Å². The van der Waals surface area contributed by atoms with E-state index in [1.807, 2.05) is 62.6 Å². The smallest absolute Gasteiger partial charge is 0.124 e. The Balaban J connectivity index is 0.000000188. The van der Waals surface area contributed by atoms with E-state index in [1.54, 1.807) is 6.07 Å². The van der Waals surface area contributed by atoms with E-state index in [1.165, 1.54) is 48.6 Å². The Morgan fingerprint density at radius 1 is 0.913 bits per heavy atom. The molecule has 1 saturated carbocycles. The first-order valence-corrected chi connectivity index (χ1v) is 19.4. The molecule has 3 aromatic carbocycles. The van der Waals surface area contributed by atoms with Crippen molar-refractivity contribution in [1.29, 1.82) is 0 Å². The molecule has 1 radical (unpaired) electrons. The SMILES string of the molecule is Fc1ccc2oc3c[c-]c(-c4cc(CC5CCCC5)ccn4)cc3c2c1.[2H]C(C)(C)c1cc(-c2[c-]cccc2)ncc1[Si](C)(C)C.[Ir]. The molecule has 1 fully saturated rings. The van der Waals surface area contributed by atoms with Crippen LogP contribution in [0.1, 0.15) is 57.9 Å². The number of aromatic nitrogens is 2. The fraction of sp³-hybridized carbons (Fsp3) is 0.300. The van der Waals surface area contributed by atoms with Crippen LogP contribution >= 0.6 is 0 Å². The molecule has 0 saturated heterocycles. The number of rotatable bonds is 6. The monoisotopic (exact) mass is 806 g/mol. The third-order valence-electron chi connectivity index (χ3n) is 8.70. The number of benzene rings is 3. The maximum Gasteiger partial charge on any atom is 0.124 e. The van der Waals surface area contributed by atoms with Crippen molar-refractivity contribution in [2.75, 3.05) is 0 Å². The Morgan fingerprint density at radius 2 is 1.67 bits per heavy atom. The third-order valence-corrected chi connectivity index (χ3v) is 10.7. The molecule has 1 aliphatic rings. The van der Waals surface area contributed by atoms with Crippen molar-refractivity contribution >= 4 is 35.2 Å². The van der Waals surface area contributed by atoms with Crippen molar-refractivity contribution in [2.45, 2.75) is 71.5 Å². The van der Waals surface area contributed by atoms with E-state index < -0.39 is 14.0 Å². The van der Waals surface area contributed by atoms with Gasteiger partial charge in [0.15, 0.2) is 0 Å². The number of hydrogen-bond donors (Lipinski definition) is 0. The fourth-order valence-electron chi connectivity index (χ4n) is 6.30. The maximum atomic E-state index is 13.7. The zero-order valence-corrected chi connectivity index (χ0v) is 30.6. The van der Waals surface area contributed by atoms with Gasteiger partial charge in [-0.2, -0.15) is 0 Å². The van der Waals surface area contributed by atoms with Crippen molar-refractivity contribution in [3.05, 3.63) is 114 Å². The van der Waals surface area contributed by atoms with Gasteiger partial charge in [0.05, 0.1) is 13.7 Å². The molecular weight excluding hydrogens is 764 g/mol. The van der Waals surface area contributed by atoms with Crippen LogP contribution in [-0.2, 0) is 26.5 Å². The van der Waals surface area contributed by atoms with Crippen LogP contribution in [0.3, 0.4) is 0 Å². The Bertz CT molecular complexity index is 1970. The van der Waals surface area contributed by atoms with Gasteiger partial charge in [0, 0.05) is 39.3 Å². The van der Waals surface area contributed by atoms with Gasteiger partial charge in [0.1, 0.15) is 11.4 Å². The molecule has 6 heteroatoms. The summed E-state index contributed by atoms with van der Waals surface area (Å²) in [4.78, 5) is 9.15. The van der Waals surface area contributed by atoms with E-state index in [0.29, 0.717) is 5.58 Å². The number of fused-ring (bicyclic) bond motifs is 3. The van der Waals surface area contributed by atoms with Crippen LogP contribution < -0.4 is 5.19 Å². The Kier molecular flexibility index (Phi) is 10.3. The Hall–Kier alpha value is -3.44. The van der Waals surface area contributed by atoms with Crippen molar-refractivity contribution in [3.63, 3.8) is 0 Å². The summed E-state index contributed by atoms with van der Waals surface area (Å²) in [5.74, 6) is -0.0639. The Morgan fingerprint density at radius 3 is 2.39 bits per heavy atom. The zero-order chi connectivity index (χ0) is 32.5. The topological polar surface area (TPSA) is 38.9 Å². The number of hydrogen-bond acceptors (Lipinski definition) is 3. The zero-order valence-electron chi connectivity index (χ0n) is 28.2. The minimum Gasteiger partial charge on any atom is -0.500 e. The third kappa shape index (κ3) is 7.74. The predicted octanol–water partition coefficient (Wildman–Crippen LogP) is 10.5. The van der Waals surface area contributed by atoms with E-state index in [9.17, 15) is 4.39 Å². The second kappa shape index (κ2) is 14.5. The number of furan rings is 1. The van der Waals surface area contributed by atoms with Crippen LogP contribution in [-0.4, -0.2) is 18.0 Å². The predicted molar refractivity (Wildman–Crippen MR) is 187 cm³/mol. The van der Waals surface area contributed by atoms with E-state index in [4.69, 9.17) is 5.79 Å². The van der Waals surface area contributed by atoms with Crippen LogP contribution in [0.2, 0.25) is 19.6 Å². The van der Waals surface area contributed by atoms with E-state index >= 15 is 0 Å². The van der Waals surface area contributed by atoms with E-state index in [0.717, 1.165) is 56.8 Å². The molecule has 0 atom stereocenters. The molecule has 0 spiro atoms. The molecule has 3 aromatic heterocycles. The van der Waals surface area contributed by atoms with Crippen LogP contribution in [0, 0.1) is 23.9 Å². The van der Waals surface area contributed by atoms with Crippen LogP contribution in [0.25, 0.3) is 44.5 Å². The first-order chi connectivity index (χ1) is 22.0. The molecule has 0 N–H and O–H groups in total. The molecule has 3 nitrogen and oxygen atoms in total. The molecule has 1 aliphatic carbocycles. The summed E-state index contributed by atoms with van der Waals surface area (Å²) in [6.07, 6.45) is 10.4. The minimum absolute atomic E-state index is 0. The summed E-state index contributed by atoms with van der Waals surface area (Å²) in [5, 5.41) is 2.96. The van der Waals surface area contributed by atoms with Gasteiger partial charge in [-0.1, -0.05) is 87.8 Å². The van der Waals surface area contributed by atoms with Gasteiger partial charge in [-0.15, -0.1) is 59.7 Å². The summed E-state index contributed by atoms with van der Waals surface area (Å²) < 4.78 is 27.9. The van der Waals surface area contributed by atoms with Gasteiger partial charge in [0.25, 0.3) is 0 Å². The normalized spacial score (nSPS) is 14.1. The summed E-state index contributed by atoms with van der Waals surface area (Å²) in [6, 6.07) is 29.1. The summed E-state index contributed by atoms with van der Waals surface area (Å²) in [6.45, 7) is 10.8. The van der Waals surface area contributed by atoms with Gasteiger partial charge >= 0.3 is 0 Å². The molecule has 0 amide bonds. The summed E-state index contributed by atoms with van der Waals surface area (Å²) >= 11 is 0.